The summed E-state index contributed by atoms with van der Waals surface area (Å²) < 4.78 is 5.39. The quantitative estimate of drug-likeness (QED) is 0.687. The number of aromatic nitrogens is 3. The second-order valence-corrected chi connectivity index (χ2v) is 5.37. The first-order chi connectivity index (χ1) is 12.3. The third-order valence-corrected chi connectivity index (χ3v) is 3.64. The fraction of sp³-hybridized carbons (Fsp3) is 0.211. The van der Waals surface area contributed by atoms with E-state index >= 15 is 0 Å². The fourth-order valence-corrected chi connectivity index (χ4v) is 2.46. The van der Waals surface area contributed by atoms with Gasteiger partial charge in [-0.15, -0.1) is 0 Å². The lowest BCUT2D eigenvalue weighted by Crippen LogP contribution is -2.08. The number of hydrogen-bond acceptors (Lipinski definition) is 6. The van der Waals surface area contributed by atoms with E-state index in [4.69, 9.17) is 4.74 Å². The molecule has 0 aliphatic carbocycles. The van der Waals surface area contributed by atoms with Crippen LogP contribution in [0.1, 0.15) is 12.5 Å². The van der Waals surface area contributed by atoms with Crippen LogP contribution in [0, 0.1) is 0 Å². The van der Waals surface area contributed by atoms with E-state index in [1.54, 1.807) is 13.3 Å². The molecule has 0 spiro atoms. The Morgan fingerprint density at radius 2 is 1.80 bits per heavy atom. The number of rotatable bonds is 7. The van der Waals surface area contributed by atoms with Crippen LogP contribution in [0.5, 0.6) is 5.75 Å². The first-order valence-electron chi connectivity index (χ1n) is 8.20. The molecular weight excluding hydrogens is 314 g/mol. The summed E-state index contributed by atoms with van der Waals surface area (Å²) in [6.45, 7) is 3.37. The van der Waals surface area contributed by atoms with Crippen molar-refractivity contribution in [3.8, 4) is 17.1 Å². The van der Waals surface area contributed by atoms with Gasteiger partial charge in [0, 0.05) is 30.9 Å². The maximum Gasteiger partial charge on any atom is 0.225 e. The molecule has 0 saturated carbocycles. The van der Waals surface area contributed by atoms with Crippen LogP contribution in [-0.4, -0.2) is 28.6 Å². The van der Waals surface area contributed by atoms with E-state index in [9.17, 15) is 0 Å². The van der Waals surface area contributed by atoms with Gasteiger partial charge in [0.05, 0.1) is 18.5 Å². The molecule has 0 fully saturated rings. The molecule has 0 amide bonds. The average Bonchev–Trinajstić information content (AvgIpc) is 2.67. The molecular formula is C19H21N5O. The smallest absolute Gasteiger partial charge is 0.225 e. The Morgan fingerprint density at radius 3 is 2.56 bits per heavy atom. The molecule has 0 saturated heterocycles. The Hall–Kier alpha value is -3.15. The highest BCUT2D eigenvalue weighted by molar-refractivity contribution is 5.61. The zero-order chi connectivity index (χ0) is 17.5. The minimum atomic E-state index is 0.577. The van der Waals surface area contributed by atoms with Crippen molar-refractivity contribution in [3.05, 3.63) is 60.3 Å². The van der Waals surface area contributed by atoms with Gasteiger partial charge in [0.15, 0.2) is 0 Å². The zero-order valence-electron chi connectivity index (χ0n) is 14.4. The summed E-state index contributed by atoms with van der Waals surface area (Å²) in [4.78, 5) is 13.4. The molecule has 0 unspecified atom stereocenters. The van der Waals surface area contributed by atoms with Crippen molar-refractivity contribution in [2.75, 3.05) is 24.3 Å². The number of ether oxygens (including phenoxy) is 1. The number of methoxy groups -OCH3 is 1. The van der Waals surface area contributed by atoms with E-state index in [1.807, 2.05) is 55.5 Å². The van der Waals surface area contributed by atoms with Crippen LogP contribution in [0.2, 0.25) is 0 Å². The first-order valence-corrected chi connectivity index (χ1v) is 8.20. The molecule has 0 aliphatic heterocycles. The van der Waals surface area contributed by atoms with Crippen LogP contribution in [0.25, 0.3) is 11.4 Å². The van der Waals surface area contributed by atoms with Crippen molar-refractivity contribution in [2.45, 2.75) is 13.5 Å². The van der Waals surface area contributed by atoms with Crippen LogP contribution >= 0.6 is 0 Å². The summed E-state index contributed by atoms with van der Waals surface area (Å²) in [6.07, 6.45) is 1.76. The number of nitrogens with zero attached hydrogens (tertiary/aromatic N) is 3. The normalized spacial score (nSPS) is 10.3. The fourth-order valence-electron chi connectivity index (χ4n) is 2.46. The van der Waals surface area contributed by atoms with Gasteiger partial charge in [-0.25, -0.2) is 4.98 Å². The predicted molar refractivity (Wildman–Crippen MR) is 99.7 cm³/mol. The summed E-state index contributed by atoms with van der Waals surface area (Å²) >= 11 is 0. The summed E-state index contributed by atoms with van der Waals surface area (Å²) in [5.41, 5.74) is 2.64. The topological polar surface area (TPSA) is 72.0 Å². The van der Waals surface area contributed by atoms with Crippen LogP contribution < -0.4 is 15.4 Å². The van der Waals surface area contributed by atoms with Crippen molar-refractivity contribution < 1.29 is 4.74 Å². The third kappa shape index (κ3) is 4.23. The average molecular weight is 335 g/mol. The van der Waals surface area contributed by atoms with Crippen molar-refractivity contribution in [2.24, 2.45) is 0 Å². The van der Waals surface area contributed by atoms with Crippen molar-refractivity contribution in [3.63, 3.8) is 0 Å². The highest BCUT2D eigenvalue weighted by Crippen LogP contribution is 2.22. The van der Waals surface area contributed by atoms with Gasteiger partial charge in [0.1, 0.15) is 11.6 Å². The van der Waals surface area contributed by atoms with Crippen LogP contribution in [0.15, 0.2) is 54.7 Å². The lowest BCUT2D eigenvalue weighted by atomic mass is 10.2. The van der Waals surface area contributed by atoms with Gasteiger partial charge >= 0.3 is 0 Å². The maximum atomic E-state index is 5.39. The van der Waals surface area contributed by atoms with Crippen molar-refractivity contribution >= 4 is 11.8 Å². The van der Waals surface area contributed by atoms with Gasteiger partial charge < -0.3 is 15.4 Å². The van der Waals surface area contributed by atoms with Gasteiger partial charge in [0.2, 0.25) is 5.95 Å². The summed E-state index contributed by atoms with van der Waals surface area (Å²) in [7, 11) is 1.67. The number of pyridine rings is 1. The summed E-state index contributed by atoms with van der Waals surface area (Å²) in [5.74, 6) is 2.16. The lowest BCUT2D eigenvalue weighted by molar-refractivity contribution is 0.410. The number of nitrogens with one attached hydrogen (secondary N) is 2. The predicted octanol–water partition coefficient (Wildman–Crippen LogP) is 3.59. The Balaban J connectivity index is 1.86. The van der Waals surface area contributed by atoms with Crippen LogP contribution in [0.3, 0.4) is 0 Å². The van der Waals surface area contributed by atoms with E-state index in [2.05, 4.69) is 25.6 Å². The SMILES string of the molecule is CCNc1nc(NCc2ccccc2OC)cc(-c2ccccn2)n1. The Morgan fingerprint density at radius 1 is 0.960 bits per heavy atom. The Kier molecular flexibility index (Phi) is 5.41. The highest BCUT2D eigenvalue weighted by Gasteiger charge is 2.08. The van der Waals surface area contributed by atoms with E-state index < -0.39 is 0 Å². The summed E-state index contributed by atoms with van der Waals surface area (Å²) in [5, 5.41) is 6.51. The second-order valence-electron chi connectivity index (χ2n) is 5.37. The minimum Gasteiger partial charge on any atom is -0.496 e. The molecule has 2 aromatic heterocycles. The number of hydrogen-bond donors (Lipinski definition) is 2. The van der Waals surface area contributed by atoms with Gasteiger partial charge in [-0.05, 0) is 25.1 Å². The highest BCUT2D eigenvalue weighted by atomic mass is 16.5. The van der Waals surface area contributed by atoms with Crippen molar-refractivity contribution in [1.29, 1.82) is 0 Å². The molecule has 6 heteroatoms. The standard InChI is InChI=1S/C19H21N5O/c1-3-20-19-23-16(15-9-6-7-11-21-15)12-18(24-19)22-13-14-8-4-5-10-17(14)25-2/h4-12H,3,13H2,1-2H3,(H2,20,22,23,24). The van der Waals surface area contributed by atoms with Gasteiger partial charge in [0.25, 0.3) is 0 Å². The number of para-hydroxylation sites is 1. The molecule has 0 bridgehead atoms. The first kappa shape index (κ1) is 16.7. The molecule has 6 nitrogen and oxygen atoms in total. The second kappa shape index (κ2) is 8.10. The molecule has 2 N–H and O–H groups in total. The zero-order valence-corrected chi connectivity index (χ0v) is 14.4. The largest absolute Gasteiger partial charge is 0.496 e. The Labute approximate surface area is 147 Å². The molecule has 0 aliphatic rings. The molecule has 1 aromatic carbocycles. The molecule has 25 heavy (non-hydrogen) atoms. The minimum absolute atomic E-state index is 0.577. The van der Waals surface area contributed by atoms with E-state index in [0.717, 1.165) is 35.1 Å². The van der Waals surface area contributed by atoms with Crippen LogP contribution in [-0.2, 0) is 6.54 Å². The number of anilines is 2. The van der Waals surface area contributed by atoms with Crippen LogP contribution in [0.4, 0.5) is 11.8 Å². The molecule has 2 heterocycles. The number of benzene rings is 1. The molecule has 0 radical (unpaired) electrons. The molecule has 0 atom stereocenters. The Bertz CT molecular complexity index is 823. The molecule has 128 valence electrons. The van der Waals surface area contributed by atoms with Gasteiger partial charge in [-0.3, -0.25) is 4.98 Å². The monoisotopic (exact) mass is 335 g/mol. The molecule has 3 rings (SSSR count). The van der Waals surface area contributed by atoms with E-state index in [0.29, 0.717) is 12.5 Å². The van der Waals surface area contributed by atoms with Gasteiger partial charge in [-0.1, -0.05) is 24.3 Å². The van der Waals surface area contributed by atoms with Gasteiger partial charge in [-0.2, -0.15) is 4.98 Å². The summed E-state index contributed by atoms with van der Waals surface area (Å²) in [6, 6.07) is 15.6. The lowest BCUT2D eigenvalue weighted by Gasteiger charge is -2.12. The van der Waals surface area contributed by atoms with E-state index in [1.165, 1.54) is 0 Å². The van der Waals surface area contributed by atoms with E-state index in [-0.39, 0.29) is 0 Å². The molecule has 3 aromatic rings. The maximum absolute atomic E-state index is 5.39. The third-order valence-electron chi connectivity index (χ3n) is 3.64. The van der Waals surface area contributed by atoms with Crippen molar-refractivity contribution in [1.82, 2.24) is 15.0 Å².